The van der Waals surface area contributed by atoms with Crippen LogP contribution in [-0.4, -0.2) is 33.7 Å². The lowest BCUT2D eigenvalue weighted by Gasteiger charge is -2.09. The number of carbonyl (C=O) groups is 2. The van der Waals surface area contributed by atoms with Crippen LogP contribution in [0.4, 0.5) is 23.2 Å². The number of hydrogen-bond acceptors (Lipinski definition) is 4. The van der Waals surface area contributed by atoms with E-state index < -0.39 is 47.3 Å². The summed E-state index contributed by atoms with van der Waals surface area (Å²) in [6.45, 7) is -0.504. The number of hydrogen-bond donors (Lipinski definition) is 2. The van der Waals surface area contributed by atoms with Crippen LogP contribution < -0.4 is 10.6 Å². The summed E-state index contributed by atoms with van der Waals surface area (Å²) in [5.74, 6) is -6.48. The van der Waals surface area contributed by atoms with Crippen LogP contribution in [0.15, 0.2) is 53.9 Å². The van der Waals surface area contributed by atoms with Crippen molar-refractivity contribution in [1.29, 1.82) is 0 Å². The van der Waals surface area contributed by atoms with Gasteiger partial charge in [0.15, 0.2) is 22.6 Å². The van der Waals surface area contributed by atoms with Crippen LogP contribution in [0.2, 0.25) is 0 Å². The van der Waals surface area contributed by atoms with Crippen molar-refractivity contribution >= 4 is 29.3 Å². The molecular weight excluding hydrogens is 424 g/mol. The van der Waals surface area contributed by atoms with Crippen molar-refractivity contribution in [3.63, 3.8) is 0 Å². The molecule has 0 spiro atoms. The zero-order chi connectivity index (χ0) is 21.7. The summed E-state index contributed by atoms with van der Waals surface area (Å²) in [6, 6.07) is 7.38. The molecule has 156 valence electrons. The number of anilines is 1. The number of aromatic nitrogens is 2. The van der Waals surface area contributed by atoms with E-state index in [0.717, 1.165) is 17.8 Å². The molecule has 6 nitrogen and oxygen atoms in total. The van der Waals surface area contributed by atoms with Crippen molar-refractivity contribution in [2.24, 2.45) is 0 Å². The van der Waals surface area contributed by atoms with Gasteiger partial charge in [0, 0.05) is 12.4 Å². The Balaban J connectivity index is 1.51. The maximum absolute atomic E-state index is 13.5. The summed E-state index contributed by atoms with van der Waals surface area (Å²) in [5, 5.41) is 4.80. The van der Waals surface area contributed by atoms with Crippen LogP contribution in [0.3, 0.4) is 0 Å². The highest BCUT2D eigenvalue weighted by Crippen LogP contribution is 2.21. The Bertz CT molecular complexity index is 1090. The van der Waals surface area contributed by atoms with Crippen LogP contribution in [0.25, 0.3) is 5.69 Å². The summed E-state index contributed by atoms with van der Waals surface area (Å²) >= 11 is 1.06. The van der Waals surface area contributed by atoms with Crippen LogP contribution in [0.5, 0.6) is 0 Å². The molecule has 1 aromatic heterocycles. The van der Waals surface area contributed by atoms with E-state index in [-0.39, 0.29) is 5.75 Å². The molecule has 3 rings (SSSR count). The van der Waals surface area contributed by atoms with Gasteiger partial charge in [-0.25, -0.2) is 22.5 Å². The monoisotopic (exact) mass is 438 g/mol. The highest BCUT2D eigenvalue weighted by atomic mass is 32.2. The molecule has 1 heterocycles. The Hall–Kier alpha value is -3.34. The Morgan fingerprint density at radius 2 is 1.83 bits per heavy atom. The van der Waals surface area contributed by atoms with Gasteiger partial charge in [-0.05, 0) is 30.3 Å². The Morgan fingerprint density at radius 1 is 1.03 bits per heavy atom. The van der Waals surface area contributed by atoms with Gasteiger partial charge in [0.25, 0.3) is 0 Å². The molecule has 2 N–H and O–H groups in total. The molecule has 2 amide bonds. The predicted molar refractivity (Wildman–Crippen MR) is 102 cm³/mol. The predicted octanol–water partition coefficient (Wildman–Crippen LogP) is 3.28. The molecule has 0 aliphatic carbocycles. The fourth-order valence-corrected chi connectivity index (χ4v) is 3.20. The van der Waals surface area contributed by atoms with Gasteiger partial charge in [-0.15, -0.1) is 0 Å². The van der Waals surface area contributed by atoms with Crippen LogP contribution in [-0.2, 0) is 9.59 Å². The minimum atomic E-state index is -1.71. The minimum absolute atomic E-state index is 0.0981. The van der Waals surface area contributed by atoms with E-state index in [4.69, 9.17) is 0 Å². The lowest BCUT2D eigenvalue weighted by Crippen LogP contribution is -2.34. The first-order valence-electron chi connectivity index (χ1n) is 8.47. The number of nitrogens with one attached hydrogen (secondary N) is 2. The molecule has 0 saturated carbocycles. The number of thioether (sulfide) groups is 1. The van der Waals surface area contributed by atoms with Crippen molar-refractivity contribution in [3.8, 4) is 5.69 Å². The standard InChI is InChI=1S/C19H14F4N4O2S/c20-11-2-1-3-12(8-11)27-7-6-24-19(27)30-10-16(29)25-9-15(28)26-14-5-4-13(21)17(22)18(14)23/h1-8H,9-10H2,(H,25,29)(H,26,28). The van der Waals surface area contributed by atoms with E-state index in [0.29, 0.717) is 16.9 Å². The molecule has 0 bridgehead atoms. The lowest BCUT2D eigenvalue weighted by molar-refractivity contribution is -0.122. The van der Waals surface area contributed by atoms with E-state index >= 15 is 0 Å². The first-order chi connectivity index (χ1) is 14.3. The molecule has 2 aromatic carbocycles. The molecule has 0 fully saturated rings. The second-order valence-electron chi connectivity index (χ2n) is 5.90. The number of imidazole rings is 1. The number of halogens is 4. The summed E-state index contributed by atoms with van der Waals surface area (Å²) in [7, 11) is 0. The van der Waals surface area contributed by atoms with Gasteiger partial charge in [-0.2, -0.15) is 0 Å². The minimum Gasteiger partial charge on any atom is -0.346 e. The van der Waals surface area contributed by atoms with Crippen LogP contribution >= 0.6 is 11.8 Å². The largest absolute Gasteiger partial charge is 0.346 e. The molecule has 3 aromatic rings. The van der Waals surface area contributed by atoms with Gasteiger partial charge < -0.3 is 10.6 Å². The van der Waals surface area contributed by atoms with Gasteiger partial charge in [0.2, 0.25) is 11.8 Å². The molecule has 0 saturated heterocycles. The second-order valence-corrected chi connectivity index (χ2v) is 6.84. The van der Waals surface area contributed by atoms with Gasteiger partial charge >= 0.3 is 0 Å². The topological polar surface area (TPSA) is 76.0 Å². The zero-order valence-corrected chi connectivity index (χ0v) is 16.0. The highest BCUT2D eigenvalue weighted by Gasteiger charge is 2.16. The number of carbonyl (C=O) groups excluding carboxylic acids is 2. The van der Waals surface area contributed by atoms with Gasteiger partial charge in [0.05, 0.1) is 23.7 Å². The quantitative estimate of drug-likeness (QED) is 0.337. The van der Waals surface area contributed by atoms with Gasteiger partial charge in [-0.1, -0.05) is 17.8 Å². The molecule has 0 radical (unpaired) electrons. The van der Waals surface area contributed by atoms with Gasteiger partial charge in [-0.3, -0.25) is 14.2 Å². The molecule has 11 heteroatoms. The van der Waals surface area contributed by atoms with Crippen LogP contribution in [0.1, 0.15) is 0 Å². The Labute approximate surface area is 172 Å². The van der Waals surface area contributed by atoms with Crippen molar-refractivity contribution < 1.29 is 27.2 Å². The maximum atomic E-state index is 13.5. The first kappa shape index (κ1) is 21.4. The SMILES string of the molecule is O=C(CSc1nccn1-c1cccc(F)c1)NCC(=O)Nc1ccc(F)c(F)c1F. The van der Waals surface area contributed by atoms with E-state index in [1.165, 1.54) is 18.3 Å². The van der Waals surface area contributed by atoms with Gasteiger partial charge in [0.1, 0.15) is 5.82 Å². The van der Waals surface area contributed by atoms with Crippen molar-refractivity contribution in [1.82, 2.24) is 14.9 Å². The third-order valence-corrected chi connectivity index (χ3v) is 4.75. The zero-order valence-electron chi connectivity index (χ0n) is 15.2. The van der Waals surface area contributed by atoms with E-state index in [1.54, 1.807) is 22.9 Å². The molecule has 0 atom stereocenters. The smallest absolute Gasteiger partial charge is 0.243 e. The molecule has 30 heavy (non-hydrogen) atoms. The van der Waals surface area contributed by atoms with E-state index in [1.807, 2.05) is 5.32 Å². The normalized spacial score (nSPS) is 10.7. The molecule has 0 aliphatic heterocycles. The fourth-order valence-electron chi connectivity index (χ4n) is 2.40. The maximum Gasteiger partial charge on any atom is 0.243 e. The summed E-state index contributed by atoms with van der Waals surface area (Å²) < 4.78 is 54.6. The highest BCUT2D eigenvalue weighted by molar-refractivity contribution is 7.99. The van der Waals surface area contributed by atoms with Crippen molar-refractivity contribution in [2.45, 2.75) is 5.16 Å². The second kappa shape index (κ2) is 9.44. The Morgan fingerprint density at radius 3 is 2.60 bits per heavy atom. The van der Waals surface area contributed by atoms with Crippen LogP contribution in [0, 0.1) is 23.3 Å². The fraction of sp³-hybridized carbons (Fsp3) is 0.105. The first-order valence-corrected chi connectivity index (χ1v) is 9.46. The number of amides is 2. The summed E-state index contributed by atoms with van der Waals surface area (Å²) in [6.07, 6.45) is 3.10. The number of rotatable bonds is 7. The number of nitrogens with zero attached hydrogens (tertiary/aromatic N) is 2. The third kappa shape index (κ3) is 5.17. The number of benzene rings is 2. The molecule has 0 unspecified atom stereocenters. The average molecular weight is 438 g/mol. The molecule has 0 aliphatic rings. The van der Waals surface area contributed by atoms with Crippen molar-refractivity contribution in [3.05, 3.63) is 72.1 Å². The summed E-state index contributed by atoms with van der Waals surface area (Å²) in [4.78, 5) is 27.9. The Kier molecular flexibility index (Phi) is 6.72. The van der Waals surface area contributed by atoms with Crippen molar-refractivity contribution in [2.75, 3.05) is 17.6 Å². The van der Waals surface area contributed by atoms with E-state index in [2.05, 4.69) is 10.3 Å². The van der Waals surface area contributed by atoms with E-state index in [9.17, 15) is 27.2 Å². The lowest BCUT2D eigenvalue weighted by atomic mass is 10.2. The third-order valence-electron chi connectivity index (χ3n) is 3.78. The average Bonchev–Trinajstić information content (AvgIpc) is 3.20. The molecular formula is C19H14F4N4O2S. The summed E-state index contributed by atoms with van der Waals surface area (Å²) in [5.41, 5.74) is -0.0111.